The van der Waals surface area contributed by atoms with E-state index in [1.54, 1.807) is 18.2 Å². The zero-order valence-corrected chi connectivity index (χ0v) is 14.5. The summed E-state index contributed by atoms with van der Waals surface area (Å²) in [5.74, 6) is 2.66. The van der Waals surface area contributed by atoms with Crippen molar-refractivity contribution in [1.82, 2.24) is 4.90 Å². The molecular formula is C13H18F2IN3OS. The average molecular weight is 429 g/mol. The quantitative estimate of drug-likeness (QED) is 0.455. The fraction of sp³-hybridized carbons (Fsp3) is 0.462. The number of benzene rings is 1. The second-order valence-corrected chi connectivity index (χ2v) is 5.48. The molecule has 1 aliphatic heterocycles. The molecule has 0 aromatic heterocycles. The summed E-state index contributed by atoms with van der Waals surface area (Å²) in [5, 5.41) is 0. The first-order valence-corrected chi connectivity index (χ1v) is 7.47. The second kappa shape index (κ2) is 9.29. The van der Waals surface area contributed by atoms with Crippen LogP contribution in [-0.2, 0) is 6.54 Å². The molecular weight excluding hydrogens is 411 g/mol. The van der Waals surface area contributed by atoms with Crippen molar-refractivity contribution in [3.8, 4) is 5.75 Å². The highest BCUT2D eigenvalue weighted by Gasteiger charge is 2.13. The minimum Gasteiger partial charge on any atom is -0.434 e. The molecule has 1 fully saturated rings. The van der Waals surface area contributed by atoms with Gasteiger partial charge in [0.15, 0.2) is 5.96 Å². The number of hydrogen-bond acceptors (Lipinski definition) is 3. The Bertz CT molecular complexity index is 470. The summed E-state index contributed by atoms with van der Waals surface area (Å²) in [4.78, 5) is 6.28. The summed E-state index contributed by atoms with van der Waals surface area (Å²) in [5.41, 5.74) is 6.52. The van der Waals surface area contributed by atoms with E-state index in [0.29, 0.717) is 11.5 Å². The average Bonchev–Trinajstić information content (AvgIpc) is 2.46. The van der Waals surface area contributed by atoms with E-state index in [9.17, 15) is 8.78 Å². The molecule has 21 heavy (non-hydrogen) atoms. The number of ether oxygens (including phenoxy) is 1. The lowest BCUT2D eigenvalue weighted by molar-refractivity contribution is -0.0504. The van der Waals surface area contributed by atoms with Crippen LogP contribution in [0, 0.1) is 0 Å². The first-order valence-electron chi connectivity index (χ1n) is 6.32. The van der Waals surface area contributed by atoms with Gasteiger partial charge in [0.1, 0.15) is 5.75 Å². The van der Waals surface area contributed by atoms with Gasteiger partial charge in [-0.15, -0.1) is 24.0 Å². The Hall–Kier alpha value is -0.770. The van der Waals surface area contributed by atoms with E-state index in [1.807, 2.05) is 16.7 Å². The molecule has 2 rings (SSSR count). The lowest BCUT2D eigenvalue weighted by atomic mass is 10.2. The second-order valence-electron chi connectivity index (χ2n) is 4.26. The Morgan fingerprint density at radius 2 is 2.00 bits per heavy atom. The van der Waals surface area contributed by atoms with Crippen molar-refractivity contribution in [1.29, 1.82) is 0 Å². The predicted molar refractivity (Wildman–Crippen MR) is 92.7 cm³/mol. The van der Waals surface area contributed by atoms with E-state index in [4.69, 9.17) is 5.73 Å². The normalized spacial score (nSPS) is 15.8. The third kappa shape index (κ3) is 5.85. The maximum Gasteiger partial charge on any atom is 0.387 e. The summed E-state index contributed by atoms with van der Waals surface area (Å²) < 4.78 is 29.1. The third-order valence-electron chi connectivity index (χ3n) is 2.94. The van der Waals surface area contributed by atoms with Gasteiger partial charge in [0, 0.05) is 30.2 Å². The van der Waals surface area contributed by atoms with Crippen molar-refractivity contribution in [2.75, 3.05) is 24.6 Å². The van der Waals surface area contributed by atoms with Gasteiger partial charge in [-0.05, 0) is 6.07 Å². The van der Waals surface area contributed by atoms with Gasteiger partial charge in [0.05, 0.1) is 6.54 Å². The fourth-order valence-corrected chi connectivity index (χ4v) is 2.81. The number of aliphatic imine (C=N–C) groups is 1. The summed E-state index contributed by atoms with van der Waals surface area (Å²) >= 11 is 1.88. The lowest BCUT2D eigenvalue weighted by Gasteiger charge is -2.27. The van der Waals surface area contributed by atoms with Crippen LogP contribution in [-0.4, -0.2) is 42.1 Å². The highest BCUT2D eigenvalue weighted by Crippen LogP contribution is 2.21. The molecule has 0 spiro atoms. The Kier molecular flexibility index (Phi) is 8.09. The van der Waals surface area contributed by atoms with Gasteiger partial charge < -0.3 is 15.4 Å². The molecule has 1 aromatic rings. The molecule has 0 unspecified atom stereocenters. The Labute approximate surface area is 144 Å². The maximum atomic E-state index is 12.3. The van der Waals surface area contributed by atoms with E-state index in [-0.39, 0.29) is 36.3 Å². The summed E-state index contributed by atoms with van der Waals surface area (Å²) in [6, 6.07) is 6.62. The first-order chi connectivity index (χ1) is 9.66. The molecule has 2 N–H and O–H groups in total. The highest BCUT2D eigenvalue weighted by molar-refractivity contribution is 14.0. The highest BCUT2D eigenvalue weighted by atomic mass is 127. The summed E-state index contributed by atoms with van der Waals surface area (Å²) in [6.07, 6.45) is 0. The Morgan fingerprint density at radius 3 is 2.67 bits per heavy atom. The number of para-hydroxylation sites is 1. The topological polar surface area (TPSA) is 50.9 Å². The van der Waals surface area contributed by atoms with Crippen LogP contribution < -0.4 is 10.5 Å². The van der Waals surface area contributed by atoms with E-state index in [0.717, 1.165) is 24.6 Å². The molecule has 1 heterocycles. The van der Waals surface area contributed by atoms with Gasteiger partial charge in [-0.3, -0.25) is 0 Å². The van der Waals surface area contributed by atoms with Crippen LogP contribution in [0.3, 0.4) is 0 Å². The Morgan fingerprint density at radius 1 is 1.33 bits per heavy atom. The van der Waals surface area contributed by atoms with Crippen molar-refractivity contribution in [3.63, 3.8) is 0 Å². The van der Waals surface area contributed by atoms with E-state index in [1.165, 1.54) is 6.07 Å². The van der Waals surface area contributed by atoms with Gasteiger partial charge in [-0.2, -0.15) is 20.5 Å². The van der Waals surface area contributed by atoms with Crippen molar-refractivity contribution >= 4 is 41.7 Å². The van der Waals surface area contributed by atoms with Crippen molar-refractivity contribution in [2.24, 2.45) is 10.7 Å². The fourth-order valence-electron chi connectivity index (χ4n) is 1.90. The largest absolute Gasteiger partial charge is 0.434 e. The van der Waals surface area contributed by atoms with Crippen LogP contribution >= 0.6 is 35.7 Å². The zero-order chi connectivity index (χ0) is 14.4. The number of hydrogen-bond donors (Lipinski definition) is 1. The number of nitrogens with two attached hydrogens (primary N) is 1. The molecule has 1 saturated heterocycles. The minimum absolute atomic E-state index is 0. The number of nitrogens with zero attached hydrogens (tertiary/aromatic N) is 2. The van der Waals surface area contributed by atoms with Gasteiger partial charge >= 0.3 is 6.61 Å². The van der Waals surface area contributed by atoms with Gasteiger partial charge in [-0.1, -0.05) is 18.2 Å². The molecule has 0 bridgehead atoms. The summed E-state index contributed by atoms with van der Waals surface area (Å²) in [7, 11) is 0. The van der Waals surface area contributed by atoms with Crippen LogP contribution in [0.5, 0.6) is 5.75 Å². The van der Waals surface area contributed by atoms with Crippen molar-refractivity contribution < 1.29 is 13.5 Å². The monoisotopic (exact) mass is 429 g/mol. The van der Waals surface area contributed by atoms with Crippen LogP contribution in [0.4, 0.5) is 8.78 Å². The van der Waals surface area contributed by atoms with Crippen molar-refractivity contribution in [2.45, 2.75) is 13.2 Å². The van der Waals surface area contributed by atoms with Gasteiger partial charge in [-0.25, -0.2) is 4.99 Å². The molecule has 0 aliphatic carbocycles. The summed E-state index contributed by atoms with van der Waals surface area (Å²) in [6.45, 7) is -0.862. The van der Waals surface area contributed by atoms with E-state index in [2.05, 4.69) is 9.73 Å². The van der Waals surface area contributed by atoms with Crippen LogP contribution in [0.1, 0.15) is 5.56 Å². The molecule has 0 amide bonds. The molecule has 1 aromatic carbocycles. The molecule has 118 valence electrons. The van der Waals surface area contributed by atoms with Gasteiger partial charge in [0.25, 0.3) is 0 Å². The number of rotatable bonds is 4. The molecule has 0 saturated carbocycles. The number of guanidine groups is 1. The van der Waals surface area contributed by atoms with E-state index >= 15 is 0 Å². The van der Waals surface area contributed by atoms with Crippen LogP contribution in [0.15, 0.2) is 29.3 Å². The number of thioether (sulfide) groups is 1. The van der Waals surface area contributed by atoms with Crippen molar-refractivity contribution in [3.05, 3.63) is 29.8 Å². The predicted octanol–water partition coefficient (Wildman–Crippen LogP) is 2.77. The third-order valence-corrected chi connectivity index (χ3v) is 3.88. The standard InChI is InChI=1S/C13H17F2N3OS.HI/c14-12(15)19-11-4-2-1-3-10(11)9-17-13(16)18-5-7-20-8-6-18;/h1-4,12H,5-9H2,(H2,16,17);1H. The Balaban J connectivity index is 0.00000220. The molecule has 4 nitrogen and oxygen atoms in total. The minimum atomic E-state index is -2.84. The van der Waals surface area contributed by atoms with Crippen LogP contribution in [0.25, 0.3) is 0 Å². The van der Waals surface area contributed by atoms with Gasteiger partial charge in [0.2, 0.25) is 0 Å². The maximum absolute atomic E-state index is 12.3. The molecule has 8 heteroatoms. The molecule has 1 aliphatic rings. The SMILES string of the molecule is I.NC(=NCc1ccccc1OC(F)F)N1CCSCC1. The zero-order valence-electron chi connectivity index (χ0n) is 11.4. The van der Waals surface area contributed by atoms with E-state index < -0.39 is 6.61 Å². The number of halogens is 3. The van der Waals surface area contributed by atoms with Crippen LogP contribution in [0.2, 0.25) is 0 Å². The smallest absolute Gasteiger partial charge is 0.387 e. The molecule has 0 radical (unpaired) electrons. The lowest BCUT2D eigenvalue weighted by Crippen LogP contribution is -2.42. The molecule has 0 atom stereocenters. The first kappa shape index (κ1) is 18.3. The number of alkyl halides is 2.